The van der Waals surface area contributed by atoms with Crippen LogP contribution in [0.3, 0.4) is 0 Å². The fourth-order valence-electron chi connectivity index (χ4n) is 8.03. The number of fused-ring (bicyclic) bond motifs is 5. The Balaban J connectivity index is 1.58. The van der Waals surface area contributed by atoms with E-state index >= 15 is 0 Å². The number of carbonyl (C=O) groups is 2. The molecule has 0 bridgehead atoms. The highest BCUT2D eigenvalue weighted by Gasteiger charge is 2.65. The lowest BCUT2D eigenvalue weighted by Gasteiger charge is -2.59. The molecule has 0 aromatic rings. The van der Waals surface area contributed by atoms with E-state index in [1.165, 1.54) is 19.4 Å². The standard InChI is InChI=1S/C25H38O5/c1-15(29-16(2)26)25(28)13-10-22-20-7-6-18-14-19(30-17(3)27)8-11-23(18,4)21(20)9-12-24(22,25)5/h6,15,19-22,28H,7-14H2,1-5H3/t15?,19?,20?,21?,22?,23?,24?,25-/m1/s1. The van der Waals surface area contributed by atoms with Gasteiger partial charge in [0.2, 0.25) is 0 Å². The molecule has 0 radical (unpaired) electrons. The van der Waals surface area contributed by atoms with E-state index in [4.69, 9.17) is 9.47 Å². The van der Waals surface area contributed by atoms with E-state index in [1.807, 2.05) is 6.92 Å². The lowest BCUT2D eigenvalue weighted by molar-refractivity contribution is -0.192. The molecule has 0 aliphatic heterocycles. The molecule has 5 nitrogen and oxygen atoms in total. The number of hydrogen-bond acceptors (Lipinski definition) is 5. The van der Waals surface area contributed by atoms with Crippen LogP contribution in [0.4, 0.5) is 0 Å². The zero-order chi connectivity index (χ0) is 21.9. The van der Waals surface area contributed by atoms with E-state index in [0.717, 1.165) is 44.9 Å². The van der Waals surface area contributed by atoms with Crippen LogP contribution < -0.4 is 0 Å². The first-order valence-corrected chi connectivity index (χ1v) is 11.8. The number of allylic oxidation sites excluding steroid dienone is 1. The first-order valence-electron chi connectivity index (χ1n) is 11.8. The van der Waals surface area contributed by atoms with E-state index in [1.54, 1.807) is 0 Å². The van der Waals surface area contributed by atoms with E-state index in [9.17, 15) is 14.7 Å². The monoisotopic (exact) mass is 418 g/mol. The summed E-state index contributed by atoms with van der Waals surface area (Å²) in [7, 11) is 0. The summed E-state index contributed by atoms with van der Waals surface area (Å²) in [5.74, 6) is 1.11. The zero-order valence-corrected chi connectivity index (χ0v) is 19.2. The Labute approximate surface area is 180 Å². The minimum Gasteiger partial charge on any atom is -0.462 e. The van der Waals surface area contributed by atoms with Gasteiger partial charge < -0.3 is 14.6 Å². The molecular weight excluding hydrogens is 380 g/mol. The van der Waals surface area contributed by atoms with Crippen molar-refractivity contribution in [1.29, 1.82) is 0 Å². The molecule has 0 aromatic heterocycles. The molecule has 5 heteroatoms. The average Bonchev–Trinajstić information content (AvgIpc) is 2.93. The lowest BCUT2D eigenvalue weighted by atomic mass is 9.46. The minimum atomic E-state index is -0.952. The van der Waals surface area contributed by atoms with Crippen molar-refractivity contribution in [2.24, 2.45) is 28.6 Å². The molecule has 4 aliphatic rings. The molecule has 3 saturated carbocycles. The van der Waals surface area contributed by atoms with Crippen LogP contribution in [-0.2, 0) is 19.1 Å². The quantitative estimate of drug-likeness (QED) is 0.537. The van der Waals surface area contributed by atoms with Crippen LogP contribution in [0, 0.1) is 28.6 Å². The largest absolute Gasteiger partial charge is 0.462 e. The highest BCUT2D eigenvalue weighted by molar-refractivity contribution is 5.66. The van der Waals surface area contributed by atoms with Crippen LogP contribution in [0.2, 0.25) is 0 Å². The van der Waals surface area contributed by atoms with Crippen LogP contribution >= 0.6 is 0 Å². The van der Waals surface area contributed by atoms with Crippen LogP contribution in [0.5, 0.6) is 0 Å². The second-order valence-electron chi connectivity index (χ2n) is 10.9. The maximum atomic E-state index is 11.7. The number of carbonyl (C=O) groups excluding carboxylic acids is 2. The summed E-state index contributed by atoms with van der Waals surface area (Å²) < 4.78 is 11.0. The Kier molecular flexibility index (Phi) is 5.36. The van der Waals surface area contributed by atoms with Gasteiger partial charge in [-0.15, -0.1) is 0 Å². The van der Waals surface area contributed by atoms with Gasteiger partial charge in [-0.3, -0.25) is 9.59 Å². The molecule has 7 unspecified atom stereocenters. The van der Waals surface area contributed by atoms with Gasteiger partial charge in [-0.05, 0) is 75.0 Å². The minimum absolute atomic E-state index is 0.0217. The normalized spacial score (nSPS) is 46.0. The van der Waals surface area contributed by atoms with Crippen molar-refractivity contribution in [3.05, 3.63) is 11.6 Å². The second kappa shape index (κ2) is 7.36. The molecule has 30 heavy (non-hydrogen) atoms. The number of rotatable bonds is 3. The van der Waals surface area contributed by atoms with E-state index in [0.29, 0.717) is 24.2 Å². The fourth-order valence-corrected chi connectivity index (χ4v) is 8.03. The van der Waals surface area contributed by atoms with Gasteiger partial charge in [0.05, 0.1) is 0 Å². The summed E-state index contributed by atoms with van der Waals surface area (Å²) in [6.07, 6.45) is 9.64. The highest BCUT2D eigenvalue weighted by atomic mass is 16.6. The number of ether oxygens (including phenoxy) is 2. The summed E-state index contributed by atoms with van der Waals surface area (Å²) in [5.41, 5.74) is 0.473. The fraction of sp³-hybridized carbons (Fsp3) is 0.840. The predicted octanol–water partition coefficient (Wildman–Crippen LogP) is 4.56. The molecule has 4 aliphatic carbocycles. The first-order chi connectivity index (χ1) is 14.0. The summed E-state index contributed by atoms with van der Waals surface area (Å²) in [6, 6.07) is 0. The molecule has 1 N–H and O–H groups in total. The third kappa shape index (κ3) is 3.14. The van der Waals surface area contributed by atoms with Gasteiger partial charge >= 0.3 is 11.9 Å². The number of aliphatic hydroxyl groups is 1. The van der Waals surface area contributed by atoms with Crippen molar-refractivity contribution < 1.29 is 24.2 Å². The van der Waals surface area contributed by atoms with Gasteiger partial charge in [0.25, 0.3) is 0 Å². The Morgan fingerprint density at radius 3 is 2.43 bits per heavy atom. The summed E-state index contributed by atoms with van der Waals surface area (Å²) in [6.45, 7) is 9.44. The van der Waals surface area contributed by atoms with Crippen molar-refractivity contribution in [3.8, 4) is 0 Å². The molecule has 8 atom stereocenters. The van der Waals surface area contributed by atoms with Crippen LogP contribution in [-0.4, -0.2) is 34.9 Å². The summed E-state index contributed by atoms with van der Waals surface area (Å²) >= 11 is 0. The maximum absolute atomic E-state index is 11.7. The maximum Gasteiger partial charge on any atom is 0.302 e. The molecule has 0 spiro atoms. The van der Waals surface area contributed by atoms with Gasteiger partial charge in [0, 0.05) is 25.7 Å². The van der Waals surface area contributed by atoms with Crippen LogP contribution in [0.25, 0.3) is 0 Å². The van der Waals surface area contributed by atoms with Crippen LogP contribution in [0.15, 0.2) is 11.6 Å². The molecule has 0 saturated heterocycles. The van der Waals surface area contributed by atoms with Crippen molar-refractivity contribution in [1.82, 2.24) is 0 Å². The molecule has 0 amide bonds. The van der Waals surface area contributed by atoms with Crippen LogP contribution in [0.1, 0.15) is 86.0 Å². The van der Waals surface area contributed by atoms with Gasteiger partial charge in [-0.2, -0.15) is 0 Å². The summed E-state index contributed by atoms with van der Waals surface area (Å²) in [4.78, 5) is 23.0. The Bertz CT molecular complexity index is 759. The second-order valence-corrected chi connectivity index (χ2v) is 10.9. The molecular formula is C25H38O5. The van der Waals surface area contributed by atoms with Crippen molar-refractivity contribution in [3.63, 3.8) is 0 Å². The predicted molar refractivity (Wildman–Crippen MR) is 113 cm³/mol. The molecule has 0 heterocycles. The van der Waals surface area contributed by atoms with Gasteiger partial charge in [0.1, 0.15) is 17.8 Å². The molecule has 0 aromatic carbocycles. The Morgan fingerprint density at radius 1 is 1.07 bits per heavy atom. The molecule has 3 fully saturated rings. The topological polar surface area (TPSA) is 72.8 Å². The van der Waals surface area contributed by atoms with E-state index < -0.39 is 11.7 Å². The van der Waals surface area contributed by atoms with Crippen molar-refractivity contribution >= 4 is 11.9 Å². The summed E-state index contributed by atoms with van der Waals surface area (Å²) in [5, 5.41) is 11.7. The van der Waals surface area contributed by atoms with Crippen molar-refractivity contribution in [2.75, 3.05) is 0 Å². The molecule has 4 rings (SSSR count). The van der Waals surface area contributed by atoms with Gasteiger partial charge in [-0.25, -0.2) is 0 Å². The number of hydrogen-bond donors (Lipinski definition) is 1. The van der Waals surface area contributed by atoms with E-state index in [2.05, 4.69) is 19.9 Å². The average molecular weight is 419 g/mol. The SMILES string of the molecule is CC(=O)OC1CCC2(C)C(=CCC3C2CCC2(C)C3CC[C@@]2(O)C(C)OC(C)=O)C1. The Morgan fingerprint density at radius 2 is 1.77 bits per heavy atom. The first kappa shape index (κ1) is 21.9. The van der Waals surface area contributed by atoms with Gasteiger partial charge in [0.15, 0.2) is 0 Å². The lowest BCUT2D eigenvalue weighted by Crippen LogP contribution is -2.58. The molecule has 168 valence electrons. The van der Waals surface area contributed by atoms with Gasteiger partial charge in [-0.1, -0.05) is 25.5 Å². The number of esters is 2. The smallest absolute Gasteiger partial charge is 0.302 e. The third-order valence-electron chi connectivity index (χ3n) is 9.62. The zero-order valence-electron chi connectivity index (χ0n) is 19.2. The van der Waals surface area contributed by atoms with E-state index in [-0.39, 0.29) is 28.9 Å². The third-order valence-corrected chi connectivity index (χ3v) is 9.62. The highest BCUT2D eigenvalue weighted by Crippen LogP contribution is 2.67. The Hall–Kier alpha value is -1.36. The van der Waals surface area contributed by atoms with Crippen molar-refractivity contribution in [2.45, 2.75) is 104 Å².